The molecule has 0 heterocycles. The van der Waals surface area contributed by atoms with E-state index in [0.717, 1.165) is 6.42 Å². The molecule has 0 N–H and O–H groups in total. The molecular weight excluding hydrogens is 154 g/mol. The number of hydrogen-bond acceptors (Lipinski definition) is 3. The molecule has 1 saturated carbocycles. The summed E-state index contributed by atoms with van der Waals surface area (Å²) >= 11 is 0. The topological polar surface area (TPSA) is 50.1 Å². The molecule has 0 bridgehead atoms. The molecule has 64 valence electrons. The molecule has 0 amide bonds. The van der Waals surface area contributed by atoms with Crippen LogP contribution in [0.4, 0.5) is 0 Å². The Morgan fingerprint density at radius 1 is 1.92 bits per heavy atom. The van der Waals surface area contributed by atoms with E-state index >= 15 is 0 Å². The van der Waals surface area contributed by atoms with Crippen molar-refractivity contribution in [2.45, 2.75) is 25.4 Å². The van der Waals surface area contributed by atoms with E-state index in [1.807, 2.05) is 6.07 Å². The van der Waals surface area contributed by atoms with Crippen LogP contribution in [0.15, 0.2) is 12.7 Å². The molecule has 2 unspecified atom stereocenters. The van der Waals surface area contributed by atoms with E-state index in [0.29, 0.717) is 6.42 Å². The van der Waals surface area contributed by atoms with Gasteiger partial charge in [0.05, 0.1) is 0 Å². The van der Waals surface area contributed by atoms with E-state index in [1.54, 1.807) is 6.08 Å². The zero-order chi connectivity index (χ0) is 9.19. The van der Waals surface area contributed by atoms with Gasteiger partial charge in [0.1, 0.15) is 6.07 Å². The first-order chi connectivity index (χ1) is 5.64. The number of hydrogen-bond donors (Lipinski definition) is 0. The molecule has 1 aliphatic rings. The van der Waals surface area contributed by atoms with Crippen LogP contribution in [0, 0.1) is 17.2 Å². The van der Waals surface area contributed by atoms with Crippen molar-refractivity contribution >= 4 is 5.97 Å². The lowest BCUT2D eigenvalue weighted by molar-refractivity contribution is -0.163. The third kappa shape index (κ3) is 1.20. The Morgan fingerprint density at radius 2 is 2.58 bits per heavy atom. The van der Waals surface area contributed by atoms with E-state index in [1.165, 1.54) is 6.92 Å². The minimum atomic E-state index is -0.909. The van der Waals surface area contributed by atoms with Crippen molar-refractivity contribution < 1.29 is 9.53 Å². The standard InChI is InChI=1S/C9H11NO2/c1-3-8-4-5-9(8,6-10)12-7(2)11/h3,8H,1,4-5H2,2H3. The molecular formula is C9H11NO2. The van der Waals surface area contributed by atoms with Gasteiger partial charge in [-0.15, -0.1) is 6.58 Å². The number of nitriles is 1. The van der Waals surface area contributed by atoms with Crippen molar-refractivity contribution in [3.05, 3.63) is 12.7 Å². The van der Waals surface area contributed by atoms with Crippen molar-refractivity contribution in [1.29, 1.82) is 5.26 Å². The summed E-state index contributed by atoms with van der Waals surface area (Å²) in [6.45, 7) is 4.91. The first-order valence-corrected chi connectivity index (χ1v) is 3.88. The molecule has 0 aromatic rings. The molecule has 2 atom stereocenters. The van der Waals surface area contributed by atoms with Gasteiger partial charge in [-0.25, -0.2) is 0 Å². The summed E-state index contributed by atoms with van der Waals surface area (Å²) in [5.41, 5.74) is -0.909. The Labute approximate surface area is 71.6 Å². The highest BCUT2D eigenvalue weighted by Crippen LogP contribution is 2.42. The maximum absolute atomic E-state index is 10.7. The van der Waals surface area contributed by atoms with Crippen molar-refractivity contribution in [1.82, 2.24) is 0 Å². The highest BCUT2D eigenvalue weighted by atomic mass is 16.6. The maximum atomic E-state index is 10.7. The van der Waals surface area contributed by atoms with Gasteiger partial charge < -0.3 is 4.74 Å². The summed E-state index contributed by atoms with van der Waals surface area (Å²) < 4.78 is 4.96. The molecule has 0 saturated heterocycles. The first-order valence-electron chi connectivity index (χ1n) is 3.88. The average Bonchev–Trinajstić information content (AvgIpc) is 1.98. The Balaban J connectivity index is 2.72. The lowest BCUT2D eigenvalue weighted by Gasteiger charge is -2.41. The Morgan fingerprint density at radius 3 is 2.83 bits per heavy atom. The fourth-order valence-corrected chi connectivity index (χ4v) is 1.43. The predicted octanol–water partition coefficient (Wildman–Crippen LogP) is 1.41. The SMILES string of the molecule is C=CC1CCC1(C#N)OC(C)=O. The van der Waals surface area contributed by atoms with Crippen molar-refractivity contribution in [2.24, 2.45) is 5.92 Å². The fourth-order valence-electron chi connectivity index (χ4n) is 1.43. The maximum Gasteiger partial charge on any atom is 0.304 e. The van der Waals surface area contributed by atoms with Crippen molar-refractivity contribution in [3.8, 4) is 6.07 Å². The molecule has 0 aromatic heterocycles. The monoisotopic (exact) mass is 165 g/mol. The smallest absolute Gasteiger partial charge is 0.304 e. The summed E-state index contributed by atoms with van der Waals surface area (Å²) in [5, 5.41) is 8.81. The van der Waals surface area contributed by atoms with Crippen LogP contribution in [-0.4, -0.2) is 11.6 Å². The molecule has 3 heteroatoms. The first kappa shape index (κ1) is 8.79. The Bertz CT molecular complexity index is 254. The molecule has 3 nitrogen and oxygen atoms in total. The fraction of sp³-hybridized carbons (Fsp3) is 0.556. The minimum absolute atomic E-state index is 0.00593. The highest BCUT2D eigenvalue weighted by Gasteiger charge is 2.48. The van der Waals surface area contributed by atoms with Gasteiger partial charge in [-0.05, 0) is 6.42 Å². The normalized spacial score (nSPS) is 32.8. The average molecular weight is 165 g/mol. The van der Waals surface area contributed by atoms with Crippen LogP contribution in [0.2, 0.25) is 0 Å². The van der Waals surface area contributed by atoms with Gasteiger partial charge in [-0.2, -0.15) is 5.26 Å². The number of rotatable bonds is 2. The van der Waals surface area contributed by atoms with E-state index in [-0.39, 0.29) is 5.92 Å². The summed E-state index contributed by atoms with van der Waals surface area (Å²) in [4.78, 5) is 10.7. The lowest BCUT2D eigenvalue weighted by atomic mass is 9.70. The van der Waals surface area contributed by atoms with Crippen molar-refractivity contribution in [2.75, 3.05) is 0 Å². The second kappa shape index (κ2) is 2.98. The highest BCUT2D eigenvalue weighted by molar-refractivity contribution is 5.67. The molecule has 0 spiro atoms. The van der Waals surface area contributed by atoms with Gasteiger partial charge in [-0.3, -0.25) is 4.79 Å². The van der Waals surface area contributed by atoms with E-state index in [2.05, 4.69) is 6.58 Å². The van der Waals surface area contributed by atoms with Gasteiger partial charge >= 0.3 is 5.97 Å². The van der Waals surface area contributed by atoms with Crippen LogP contribution in [-0.2, 0) is 9.53 Å². The molecule has 0 aliphatic heterocycles. The summed E-state index contributed by atoms with van der Waals surface area (Å²) in [6.07, 6.45) is 3.18. The van der Waals surface area contributed by atoms with Crippen LogP contribution in [0.25, 0.3) is 0 Å². The van der Waals surface area contributed by atoms with Crippen LogP contribution in [0.3, 0.4) is 0 Å². The zero-order valence-corrected chi connectivity index (χ0v) is 7.04. The van der Waals surface area contributed by atoms with E-state index in [4.69, 9.17) is 10.00 Å². The number of carbonyl (C=O) groups is 1. The third-order valence-corrected chi connectivity index (χ3v) is 2.23. The van der Waals surface area contributed by atoms with Crippen LogP contribution in [0.1, 0.15) is 19.8 Å². The summed E-state index contributed by atoms with van der Waals surface area (Å²) in [7, 11) is 0. The Hall–Kier alpha value is -1.30. The molecule has 1 aliphatic carbocycles. The molecule has 0 aromatic carbocycles. The second-order valence-corrected chi connectivity index (χ2v) is 2.98. The quantitative estimate of drug-likeness (QED) is 0.459. The van der Waals surface area contributed by atoms with E-state index < -0.39 is 11.6 Å². The molecule has 12 heavy (non-hydrogen) atoms. The molecule has 1 fully saturated rings. The predicted molar refractivity (Wildman–Crippen MR) is 43.0 cm³/mol. The number of esters is 1. The van der Waals surface area contributed by atoms with E-state index in [9.17, 15) is 4.79 Å². The second-order valence-electron chi connectivity index (χ2n) is 2.98. The molecule has 1 rings (SSSR count). The van der Waals surface area contributed by atoms with Crippen molar-refractivity contribution in [3.63, 3.8) is 0 Å². The van der Waals surface area contributed by atoms with Crippen LogP contribution < -0.4 is 0 Å². The van der Waals surface area contributed by atoms with Gasteiger partial charge in [0.2, 0.25) is 5.60 Å². The lowest BCUT2D eigenvalue weighted by Crippen LogP contribution is -2.48. The summed E-state index contributed by atoms with van der Waals surface area (Å²) in [5.74, 6) is -0.394. The third-order valence-electron chi connectivity index (χ3n) is 2.23. The Kier molecular flexibility index (Phi) is 2.18. The summed E-state index contributed by atoms with van der Waals surface area (Å²) in [6, 6.07) is 2.03. The minimum Gasteiger partial charge on any atom is -0.443 e. The van der Waals surface area contributed by atoms with Gasteiger partial charge in [0.15, 0.2) is 0 Å². The van der Waals surface area contributed by atoms with Gasteiger partial charge in [-0.1, -0.05) is 6.08 Å². The van der Waals surface area contributed by atoms with Gasteiger partial charge in [0, 0.05) is 19.3 Å². The number of carbonyl (C=O) groups excluding carboxylic acids is 1. The van der Waals surface area contributed by atoms with Crippen LogP contribution in [0.5, 0.6) is 0 Å². The number of ether oxygens (including phenoxy) is 1. The molecule has 0 radical (unpaired) electrons. The van der Waals surface area contributed by atoms with Crippen LogP contribution >= 0.6 is 0 Å². The number of nitrogens with zero attached hydrogens (tertiary/aromatic N) is 1. The van der Waals surface area contributed by atoms with Gasteiger partial charge in [0.25, 0.3) is 0 Å². The zero-order valence-electron chi connectivity index (χ0n) is 7.04. The largest absolute Gasteiger partial charge is 0.443 e.